The molecule has 1 fully saturated rings. The van der Waals surface area contributed by atoms with Gasteiger partial charge in [-0.1, -0.05) is 0 Å². The summed E-state index contributed by atoms with van der Waals surface area (Å²) in [6, 6.07) is 8.95. The maximum Gasteiger partial charge on any atom is 0.129 e. The van der Waals surface area contributed by atoms with Crippen LogP contribution in [0.3, 0.4) is 0 Å². The van der Waals surface area contributed by atoms with Crippen molar-refractivity contribution in [1.29, 1.82) is 0 Å². The van der Waals surface area contributed by atoms with Crippen LogP contribution >= 0.6 is 11.8 Å². The minimum absolute atomic E-state index is 0.384. The Morgan fingerprint density at radius 3 is 2.95 bits per heavy atom. The summed E-state index contributed by atoms with van der Waals surface area (Å²) in [5.74, 6) is 1.09. The Morgan fingerprint density at radius 2 is 2.14 bits per heavy atom. The molecule has 4 heteroatoms. The summed E-state index contributed by atoms with van der Waals surface area (Å²) in [5, 5.41) is 4.74. The summed E-state index contributed by atoms with van der Waals surface area (Å²) in [6.45, 7) is 1.06. The molecule has 0 amide bonds. The summed E-state index contributed by atoms with van der Waals surface area (Å²) >= 11 is 1.78. The van der Waals surface area contributed by atoms with Gasteiger partial charge in [-0.3, -0.25) is 0 Å². The van der Waals surface area contributed by atoms with Crippen LogP contribution in [-0.4, -0.2) is 22.8 Å². The van der Waals surface area contributed by atoms with E-state index in [2.05, 4.69) is 52.0 Å². The number of fused-ring (bicyclic) bond motifs is 3. The van der Waals surface area contributed by atoms with E-state index in [1.54, 1.807) is 11.8 Å². The first-order chi connectivity index (χ1) is 10.8. The third-order valence-corrected chi connectivity index (χ3v) is 5.83. The molecule has 1 aliphatic heterocycles. The lowest BCUT2D eigenvalue weighted by atomic mass is 9.97. The molecule has 1 saturated carbocycles. The van der Waals surface area contributed by atoms with Crippen molar-refractivity contribution in [3.63, 3.8) is 0 Å². The number of H-pyrrole nitrogens is 1. The molecule has 0 atom stereocenters. The molecule has 3 heterocycles. The fourth-order valence-corrected chi connectivity index (χ4v) is 4.01. The molecule has 5 rings (SSSR count). The van der Waals surface area contributed by atoms with E-state index in [9.17, 15) is 0 Å². The van der Waals surface area contributed by atoms with Gasteiger partial charge in [0.1, 0.15) is 5.82 Å². The van der Waals surface area contributed by atoms with Crippen LogP contribution in [0.5, 0.6) is 0 Å². The number of pyridine rings is 1. The Hall–Kier alpha value is -1.94. The van der Waals surface area contributed by atoms with Crippen LogP contribution in [-0.2, 0) is 5.41 Å². The van der Waals surface area contributed by atoms with Gasteiger partial charge >= 0.3 is 0 Å². The van der Waals surface area contributed by atoms with Gasteiger partial charge in [0.25, 0.3) is 0 Å². The SMILES string of the molecule is CSc1ccc2[nH]cc(-c3cnc4c(c3)C3(CC3)CN4)c2c1. The maximum atomic E-state index is 4.67. The minimum atomic E-state index is 0.384. The van der Waals surface area contributed by atoms with Crippen LogP contribution in [0.1, 0.15) is 18.4 Å². The molecule has 2 aliphatic rings. The van der Waals surface area contributed by atoms with Crippen molar-refractivity contribution in [3.8, 4) is 11.1 Å². The van der Waals surface area contributed by atoms with Gasteiger partial charge in [0.05, 0.1) is 0 Å². The lowest BCUT2D eigenvalue weighted by molar-refractivity contribution is 0.778. The molecule has 3 aromatic rings. The Bertz CT molecular complexity index is 892. The van der Waals surface area contributed by atoms with Crippen molar-refractivity contribution >= 4 is 28.5 Å². The molecule has 2 N–H and O–H groups in total. The first kappa shape index (κ1) is 12.6. The number of nitrogens with zero attached hydrogens (tertiary/aromatic N) is 1. The highest BCUT2D eigenvalue weighted by molar-refractivity contribution is 7.98. The van der Waals surface area contributed by atoms with Crippen molar-refractivity contribution in [3.05, 3.63) is 42.2 Å². The van der Waals surface area contributed by atoms with E-state index < -0.39 is 0 Å². The zero-order chi connectivity index (χ0) is 14.7. The molecule has 1 aromatic carbocycles. The third-order valence-electron chi connectivity index (χ3n) is 5.11. The highest BCUT2D eigenvalue weighted by Gasteiger charge is 2.49. The predicted molar refractivity (Wildman–Crippen MR) is 92.7 cm³/mol. The lowest BCUT2D eigenvalue weighted by Crippen LogP contribution is -2.08. The average Bonchev–Trinajstić information content (AvgIpc) is 3.09. The number of rotatable bonds is 2. The number of hydrogen-bond acceptors (Lipinski definition) is 3. The van der Waals surface area contributed by atoms with Gasteiger partial charge in [0, 0.05) is 56.8 Å². The second-order valence-electron chi connectivity index (χ2n) is 6.37. The van der Waals surface area contributed by atoms with Gasteiger partial charge in [-0.2, -0.15) is 0 Å². The van der Waals surface area contributed by atoms with Gasteiger partial charge < -0.3 is 10.3 Å². The molecule has 22 heavy (non-hydrogen) atoms. The quantitative estimate of drug-likeness (QED) is 0.689. The highest BCUT2D eigenvalue weighted by atomic mass is 32.2. The molecule has 0 radical (unpaired) electrons. The summed E-state index contributed by atoms with van der Waals surface area (Å²) in [5.41, 5.74) is 5.46. The summed E-state index contributed by atoms with van der Waals surface area (Å²) in [7, 11) is 0. The number of benzene rings is 1. The Balaban J connectivity index is 1.69. The molecule has 0 unspecified atom stereocenters. The molecule has 0 bridgehead atoms. The molecular weight excluding hydrogens is 290 g/mol. The Kier molecular flexibility index (Phi) is 2.46. The predicted octanol–water partition coefficient (Wildman–Crippen LogP) is 4.41. The zero-order valence-corrected chi connectivity index (χ0v) is 13.3. The van der Waals surface area contributed by atoms with Crippen LogP contribution < -0.4 is 5.32 Å². The van der Waals surface area contributed by atoms with E-state index in [0.717, 1.165) is 12.4 Å². The largest absolute Gasteiger partial charge is 0.369 e. The lowest BCUT2D eigenvalue weighted by Gasteiger charge is -2.08. The van der Waals surface area contributed by atoms with Crippen molar-refractivity contribution < 1.29 is 0 Å². The first-order valence-corrected chi connectivity index (χ1v) is 8.91. The molecule has 1 aliphatic carbocycles. The Morgan fingerprint density at radius 1 is 1.23 bits per heavy atom. The van der Waals surface area contributed by atoms with Gasteiger partial charge in [-0.25, -0.2) is 4.98 Å². The second-order valence-corrected chi connectivity index (χ2v) is 7.25. The van der Waals surface area contributed by atoms with Gasteiger partial charge in [0.2, 0.25) is 0 Å². The topological polar surface area (TPSA) is 40.7 Å². The first-order valence-electron chi connectivity index (χ1n) is 7.69. The van der Waals surface area contributed by atoms with Gasteiger partial charge in [-0.05, 0) is 43.4 Å². The number of anilines is 1. The van der Waals surface area contributed by atoms with Crippen molar-refractivity contribution in [2.24, 2.45) is 0 Å². The van der Waals surface area contributed by atoms with Gasteiger partial charge in [0.15, 0.2) is 0 Å². The Labute approximate surface area is 133 Å². The smallest absolute Gasteiger partial charge is 0.129 e. The van der Waals surface area contributed by atoms with Crippen molar-refractivity contribution in [2.45, 2.75) is 23.2 Å². The van der Waals surface area contributed by atoms with E-state index in [-0.39, 0.29) is 0 Å². The fourth-order valence-electron chi connectivity index (χ4n) is 3.57. The average molecular weight is 307 g/mol. The number of aromatic amines is 1. The number of nitrogens with one attached hydrogen (secondary N) is 2. The summed E-state index contributed by atoms with van der Waals surface area (Å²) < 4.78 is 0. The van der Waals surface area contributed by atoms with Crippen LogP contribution in [0.15, 0.2) is 41.6 Å². The van der Waals surface area contributed by atoms with E-state index in [1.807, 2.05) is 6.20 Å². The van der Waals surface area contributed by atoms with Gasteiger partial charge in [-0.15, -0.1) is 11.8 Å². The number of thioether (sulfide) groups is 1. The van der Waals surface area contributed by atoms with E-state index >= 15 is 0 Å². The van der Waals surface area contributed by atoms with Crippen molar-refractivity contribution in [2.75, 3.05) is 18.1 Å². The summed E-state index contributed by atoms with van der Waals surface area (Å²) in [6.07, 6.45) is 8.82. The third kappa shape index (κ3) is 1.67. The molecule has 0 saturated heterocycles. The van der Waals surface area contributed by atoms with Crippen LogP contribution in [0.25, 0.3) is 22.0 Å². The second kappa shape index (κ2) is 4.29. The number of hydrogen-bond donors (Lipinski definition) is 2. The van der Waals surface area contributed by atoms with E-state index in [4.69, 9.17) is 0 Å². The molecule has 1 spiro atoms. The molecule has 3 nitrogen and oxygen atoms in total. The monoisotopic (exact) mass is 307 g/mol. The maximum absolute atomic E-state index is 4.67. The number of aromatic nitrogens is 2. The highest BCUT2D eigenvalue weighted by Crippen LogP contribution is 2.54. The van der Waals surface area contributed by atoms with E-state index in [1.165, 1.54) is 45.3 Å². The molecular formula is C18H17N3S. The summed E-state index contributed by atoms with van der Waals surface area (Å²) in [4.78, 5) is 9.35. The zero-order valence-electron chi connectivity index (χ0n) is 12.4. The van der Waals surface area contributed by atoms with Crippen LogP contribution in [0, 0.1) is 0 Å². The molecule has 2 aromatic heterocycles. The van der Waals surface area contributed by atoms with Crippen molar-refractivity contribution in [1.82, 2.24) is 9.97 Å². The minimum Gasteiger partial charge on any atom is -0.369 e. The fraction of sp³-hybridized carbons (Fsp3) is 0.278. The molecule has 110 valence electrons. The van der Waals surface area contributed by atoms with Crippen LogP contribution in [0.2, 0.25) is 0 Å². The standard InChI is InChI=1S/C18H17N3S/c1-22-12-2-3-16-13(7-12)14(9-19-16)11-6-15-17(20-8-11)21-10-18(15)4-5-18/h2-3,6-9,19H,4-5,10H2,1H3,(H,20,21). The van der Waals surface area contributed by atoms with Crippen LogP contribution in [0.4, 0.5) is 5.82 Å². The normalized spacial score (nSPS) is 17.7. The van der Waals surface area contributed by atoms with E-state index in [0.29, 0.717) is 5.41 Å².